The maximum atomic E-state index is 12.3. The number of carbonyl (C=O) groups excluding carboxylic acids is 1. The lowest BCUT2D eigenvalue weighted by Crippen LogP contribution is -2.15. The molecule has 0 heterocycles. The molecule has 0 amide bonds. The van der Waals surface area contributed by atoms with Crippen LogP contribution in [0.3, 0.4) is 0 Å². The molecular weight excluding hydrogens is 287 g/mol. The minimum absolute atomic E-state index is 0.543. The number of hydrogen-bond donors (Lipinski definition) is 0. The third-order valence-corrected chi connectivity index (χ3v) is 5.86. The first-order valence-electron chi connectivity index (χ1n) is 5.53. The Morgan fingerprint density at radius 3 is 2.16 bits per heavy atom. The van der Waals surface area contributed by atoms with E-state index in [1.165, 1.54) is 21.1 Å². The molecular formula is C12H17O5PS. The Morgan fingerprint density at radius 1 is 1.21 bits per heavy atom. The minimum Gasteiger partial charge on any atom is -0.438 e. The largest absolute Gasteiger partial charge is 0.438 e. The topological polar surface area (TPSA) is 61.8 Å². The predicted molar refractivity (Wildman–Crippen MR) is 74.2 cm³/mol. The SMILES string of the molecule is COP(=O)(OC)C(OC(C)=O)Sc1ccc(C)cc1. The fraction of sp³-hybridized carbons (Fsp3) is 0.417. The van der Waals surface area contributed by atoms with E-state index < -0.39 is 18.7 Å². The highest BCUT2D eigenvalue weighted by atomic mass is 32.2. The van der Waals surface area contributed by atoms with Crippen LogP contribution in [-0.4, -0.2) is 25.4 Å². The maximum absolute atomic E-state index is 12.3. The first-order chi connectivity index (χ1) is 8.91. The Labute approximate surface area is 117 Å². The van der Waals surface area contributed by atoms with Crippen molar-refractivity contribution in [1.29, 1.82) is 0 Å². The molecule has 106 valence electrons. The average Bonchev–Trinajstić information content (AvgIpc) is 2.39. The molecule has 19 heavy (non-hydrogen) atoms. The number of thioether (sulfide) groups is 1. The smallest absolute Gasteiger partial charge is 0.381 e. The van der Waals surface area contributed by atoms with E-state index >= 15 is 0 Å². The lowest BCUT2D eigenvalue weighted by atomic mass is 10.2. The minimum atomic E-state index is -3.50. The zero-order valence-corrected chi connectivity index (χ0v) is 13.0. The highest BCUT2D eigenvalue weighted by molar-refractivity contribution is 8.05. The van der Waals surface area contributed by atoms with Crippen molar-refractivity contribution in [2.45, 2.75) is 23.9 Å². The second kappa shape index (κ2) is 7.10. The van der Waals surface area contributed by atoms with Gasteiger partial charge in [-0.3, -0.25) is 9.36 Å². The van der Waals surface area contributed by atoms with Gasteiger partial charge in [0.05, 0.1) is 0 Å². The Bertz CT molecular complexity index is 466. The van der Waals surface area contributed by atoms with Crippen LogP contribution < -0.4 is 0 Å². The summed E-state index contributed by atoms with van der Waals surface area (Å²) in [5, 5.41) is -1.03. The number of carbonyl (C=O) groups is 1. The van der Waals surface area contributed by atoms with Crippen molar-refractivity contribution in [3.05, 3.63) is 29.8 Å². The van der Waals surface area contributed by atoms with Crippen LogP contribution in [0.15, 0.2) is 29.2 Å². The summed E-state index contributed by atoms with van der Waals surface area (Å²) in [6.07, 6.45) is 0. The van der Waals surface area contributed by atoms with Gasteiger partial charge in [0.1, 0.15) is 0 Å². The van der Waals surface area contributed by atoms with E-state index in [4.69, 9.17) is 13.8 Å². The number of rotatable bonds is 6. The van der Waals surface area contributed by atoms with E-state index in [9.17, 15) is 9.36 Å². The Morgan fingerprint density at radius 2 is 1.74 bits per heavy atom. The van der Waals surface area contributed by atoms with Crippen LogP contribution in [0.5, 0.6) is 0 Å². The van der Waals surface area contributed by atoms with Gasteiger partial charge in [-0.2, -0.15) is 0 Å². The molecule has 1 rings (SSSR count). The molecule has 0 bridgehead atoms. The van der Waals surface area contributed by atoms with Crippen LogP contribution in [0.4, 0.5) is 0 Å². The summed E-state index contributed by atoms with van der Waals surface area (Å²) in [5.74, 6) is -0.543. The quantitative estimate of drug-likeness (QED) is 0.347. The Hall–Kier alpha value is -0.810. The van der Waals surface area contributed by atoms with Gasteiger partial charge in [-0.15, -0.1) is 0 Å². The lowest BCUT2D eigenvalue weighted by molar-refractivity contribution is -0.140. The summed E-state index contributed by atoms with van der Waals surface area (Å²) in [6, 6.07) is 7.54. The third-order valence-electron chi connectivity index (χ3n) is 2.29. The van der Waals surface area contributed by atoms with E-state index in [1.807, 2.05) is 31.2 Å². The number of ether oxygens (including phenoxy) is 1. The van der Waals surface area contributed by atoms with Crippen LogP contribution in [0, 0.1) is 6.92 Å². The molecule has 0 N–H and O–H groups in total. The van der Waals surface area contributed by atoms with E-state index in [2.05, 4.69) is 0 Å². The van der Waals surface area contributed by atoms with E-state index in [1.54, 1.807) is 0 Å². The highest BCUT2D eigenvalue weighted by Gasteiger charge is 2.38. The van der Waals surface area contributed by atoms with Gasteiger partial charge < -0.3 is 13.8 Å². The maximum Gasteiger partial charge on any atom is 0.381 e. The zero-order valence-electron chi connectivity index (χ0n) is 11.3. The standard InChI is InChI=1S/C12H17O5PS/c1-9-5-7-11(8-6-9)19-12(17-10(2)13)18(14,15-3)16-4/h5-8,12H,1-4H3. The molecule has 0 aliphatic rings. The van der Waals surface area contributed by atoms with Gasteiger partial charge in [0, 0.05) is 26.0 Å². The monoisotopic (exact) mass is 304 g/mol. The lowest BCUT2D eigenvalue weighted by Gasteiger charge is -2.23. The molecule has 0 fully saturated rings. The van der Waals surface area contributed by atoms with Crippen LogP contribution in [0.1, 0.15) is 12.5 Å². The summed E-state index contributed by atoms with van der Waals surface area (Å²) in [4.78, 5) is 11.9. The summed E-state index contributed by atoms with van der Waals surface area (Å²) in [6.45, 7) is 3.21. The molecule has 0 aromatic heterocycles. The van der Waals surface area contributed by atoms with Crippen molar-refractivity contribution >= 4 is 25.3 Å². The average molecular weight is 304 g/mol. The second-order valence-corrected chi connectivity index (χ2v) is 7.52. The molecule has 0 saturated carbocycles. The van der Waals surface area contributed by atoms with E-state index in [0.717, 1.165) is 22.2 Å². The summed E-state index contributed by atoms with van der Waals surface area (Å²) in [5.41, 5.74) is 1.11. The second-order valence-electron chi connectivity index (χ2n) is 3.75. The first-order valence-corrected chi connectivity index (χ1v) is 8.02. The zero-order chi connectivity index (χ0) is 14.5. The molecule has 0 spiro atoms. The third kappa shape index (κ3) is 4.66. The van der Waals surface area contributed by atoms with Crippen LogP contribution in [0.2, 0.25) is 0 Å². The fourth-order valence-electron chi connectivity index (χ4n) is 1.28. The normalized spacial score (nSPS) is 13.1. The van der Waals surface area contributed by atoms with E-state index in [0.29, 0.717) is 0 Å². The molecule has 5 nitrogen and oxygen atoms in total. The first kappa shape index (κ1) is 16.2. The molecule has 1 atom stereocenters. The number of aryl methyl sites for hydroxylation is 1. The van der Waals surface area contributed by atoms with Gasteiger partial charge in [0.15, 0.2) is 0 Å². The van der Waals surface area contributed by atoms with Crippen molar-refractivity contribution in [3.63, 3.8) is 0 Å². The molecule has 0 aliphatic heterocycles. The molecule has 1 aromatic rings. The molecule has 0 saturated heterocycles. The molecule has 0 radical (unpaired) electrons. The molecule has 1 aromatic carbocycles. The highest BCUT2D eigenvalue weighted by Crippen LogP contribution is 2.57. The predicted octanol–water partition coefficient (Wildman–Crippen LogP) is 3.42. The molecule has 1 unspecified atom stereocenters. The van der Waals surface area contributed by atoms with Crippen molar-refractivity contribution in [2.75, 3.05) is 14.2 Å². The summed E-state index contributed by atoms with van der Waals surface area (Å²) < 4.78 is 27.1. The summed E-state index contributed by atoms with van der Waals surface area (Å²) >= 11 is 1.13. The van der Waals surface area contributed by atoms with Gasteiger partial charge in [0.25, 0.3) is 5.18 Å². The van der Waals surface area contributed by atoms with Gasteiger partial charge in [-0.1, -0.05) is 29.5 Å². The molecule has 0 aliphatic carbocycles. The Kier molecular flexibility index (Phi) is 6.07. The van der Waals surface area contributed by atoms with Crippen molar-refractivity contribution in [1.82, 2.24) is 0 Å². The fourth-order valence-corrected chi connectivity index (χ4v) is 4.15. The Balaban J connectivity index is 2.94. The van der Waals surface area contributed by atoms with Gasteiger partial charge in [-0.05, 0) is 19.1 Å². The number of hydrogen-bond acceptors (Lipinski definition) is 6. The van der Waals surface area contributed by atoms with Gasteiger partial charge >= 0.3 is 13.6 Å². The van der Waals surface area contributed by atoms with Crippen LogP contribution in [-0.2, 0) is 23.1 Å². The summed E-state index contributed by atoms with van der Waals surface area (Å²) in [7, 11) is -0.982. The number of esters is 1. The van der Waals surface area contributed by atoms with E-state index in [-0.39, 0.29) is 0 Å². The van der Waals surface area contributed by atoms with Gasteiger partial charge in [-0.25, -0.2) is 0 Å². The van der Waals surface area contributed by atoms with Crippen LogP contribution >= 0.6 is 19.4 Å². The van der Waals surface area contributed by atoms with Crippen molar-refractivity contribution in [3.8, 4) is 0 Å². The van der Waals surface area contributed by atoms with Gasteiger partial charge in [0.2, 0.25) is 0 Å². The molecule has 7 heteroatoms. The number of benzene rings is 1. The van der Waals surface area contributed by atoms with Crippen LogP contribution in [0.25, 0.3) is 0 Å². The van der Waals surface area contributed by atoms with Crippen molar-refractivity contribution in [2.24, 2.45) is 0 Å². The van der Waals surface area contributed by atoms with Crippen molar-refractivity contribution < 1.29 is 23.1 Å².